The van der Waals surface area contributed by atoms with Crippen molar-refractivity contribution in [1.29, 1.82) is 0 Å². The van der Waals surface area contributed by atoms with Crippen molar-refractivity contribution in [2.45, 2.75) is 33.1 Å². The highest BCUT2D eigenvalue weighted by molar-refractivity contribution is 6.31. The van der Waals surface area contributed by atoms with Gasteiger partial charge in [0.1, 0.15) is 0 Å². The number of halogens is 1. The summed E-state index contributed by atoms with van der Waals surface area (Å²) in [5, 5.41) is 0.747. The van der Waals surface area contributed by atoms with Gasteiger partial charge >= 0.3 is 0 Å². The van der Waals surface area contributed by atoms with Gasteiger partial charge in [0.25, 0.3) is 0 Å². The molecule has 3 heteroatoms. The first-order chi connectivity index (χ1) is 7.17. The van der Waals surface area contributed by atoms with Crippen molar-refractivity contribution in [3.8, 4) is 0 Å². The minimum absolute atomic E-state index is 0.186. The topological polar surface area (TPSA) is 38.9 Å². The van der Waals surface area contributed by atoms with Crippen LogP contribution in [0.5, 0.6) is 0 Å². The van der Waals surface area contributed by atoms with E-state index in [0.29, 0.717) is 6.54 Å². The maximum Gasteiger partial charge on any atom is 0.0621 e. The number of aromatic nitrogens is 1. The van der Waals surface area contributed by atoms with E-state index in [0.717, 1.165) is 29.8 Å². The van der Waals surface area contributed by atoms with Crippen molar-refractivity contribution >= 4 is 11.6 Å². The van der Waals surface area contributed by atoms with Crippen LogP contribution in [0.2, 0.25) is 5.02 Å². The minimum Gasteiger partial charge on any atom is -0.330 e. The highest BCUT2D eigenvalue weighted by Gasteiger charge is 2.25. The van der Waals surface area contributed by atoms with Crippen LogP contribution in [0.1, 0.15) is 32.3 Å². The maximum atomic E-state index is 6.10. The predicted molar refractivity (Wildman–Crippen MR) is 65.0 cm³/mol. The summed E-state index contributed by atoms with van der Waals surface area (Å²) in [6.07, 6.45) is 6.59. The largest absolute Gasteiger partial charge is 0.330 e. The number of hydrogen-bond acceptors (Lipinski definition) is 2. The quantitative estimate of drug-likeness (QED) is 0.838. The first-order valence-electron chi connectivity index (χ1n) is 5.46. The summed E-state index contributed by atoms with van der Waals surface area (Å²) >= 11 is 6.10. The Hall–Kier alpha value is -0.600. The Balaban J connectivity index is 2.88. The summed E-state index contributed by atoms with van der Waals surface area (Å²) < 4.78 is 0. The van der Waals surface area contributed by atoms with Gasteiger partial charge in [0.2, 0.25) is 0 Å². The van der Waals surface area contributed by atoms with Gasteiger partial charge in [0.05, 0.1) is 5.02 Å². The fourth-order valence-corrected chi connectivity index (χ4v) is 2.00. The Morgan fingerprint density at radius 1 is 1.40 bits per heavy atom. The Morgan fingerprint density at radius 3 is 2.53 bits per heavy atom. The van der Waals surface area contributed by atoms with E-state index >= 15 is 0 Å². The summed E-state index contributed by atoms with van der Waals surface area (Å²) in [5.74, 6) is 0. The van der Waals surface area contributed by atoms with E-state index in [-0.39, 0.29) is 5.41 Å². The number of pyridine rings is 1. The molecule has 84 valence electrons. The molecule has 0 radical (unpaired) electrons. The van der Waals surface area contributed by atoms with E-state index in [1.807, 2.05) is 6.07 Å². The molecule has 1 heterocycles. The molecule has 0 aromatic carbocycles. The third-order valence-corrected chi connectivity index (χ3v) is 3.70. The van der Waals surface area contributed by atoms with Crippen molar-refractivity contribution in [2.24, 2.45) is 11.1 Å². The molecule has 0 bridgehead atoms. The van der Waals surface area contributed by atoms with E-state index in [1.54, 1.807) is 12.4 Å². The number of hydrogen-bond donors (Lipinski definition) is 1. The van der Waals surface area contributed by atoms with Crippen LogP contribution in [0.15, 0.2) is 18.5 Å². The monoisotopic (exact) mass is 226 g/mol. The van der Waals surface area contributed by atoms with Gasteiger partial charge in [-0.15, -0.1) is 0 Å². The van der Waals surface area contributed by atoms with Crippen LogP contribution in [-0.4, -0.2) is 11.5 Å². The molecule has 0 spiro atoms. The van der Waals surface area contributed by atoms with Crippen LogP contribution < -0.4 is 5.73 Å². The second-order valence-corrected chi connectivity index (χ2v) is 4.46. The molecule has 0 amide bonds. The smallest absolute Gasteiger partial charge is 0.0621 e. The second-order valence-electron chi connectivity index (χ2n) is 4.06. The molecule has 1 aromatic heterocycles. The van der Waals surface area contributed by atoms with Crippen LogP contribution in [0.3, 0.4) is 0 Å². The lowest BCUT2D eigenvalue weighted by Gasteiger charge is -2.30. The van der Waals surface area contributed by atoms with Gasteiger partial charge in [-0.2, -0.15) is 0 Å². The molecular weight excluding hydrogens is 208 g/mol. The third kappa shape index (κ3) is 2.93. The molecule has 0 atom stereocenters. The summed E-state index contributed by atoms with van der Waals surface area (Å²) in [4.78, 5) is 3.99. The standard InChI is InChI=1S/C12H19ClN2/c1-3-12(4-2,9-14)7-10-5-6-15-8-11(10)13/h5-6,8H,3-4,7,9,14H2,1-2H3. The van der Waals surface area contributed by atoms with Gasteiger partial charge in [-0.3, -0.25) is 4.98 Å². The van der Waals surface area contributed by atoms with Gasteiger partial charge < -0.3 is 5.73 Å². The van der Waals surface area contributed by atoms with Crippen molar-refractivity contribution in [2.75, 3.05) is 6.54 Å². The zero-order valence-electron chi connectivity index (χ0n) is 9.46. The minimum atomic E-state index is 0.186. The van der Waals surface area contributed by atoms with E-state index < -0.39 is 0 Å². The van der Waals surface area contributed by atoms with E-state index in [9.17, 15) is 0 Å². The van der Waals surface area contributed by atoms with Gasteiger partial charge in [-0.05, 0) is 42.9 Å². The Kier molecular flexibility index (Phi) is 4.55. The molecule has 0 aliphatic carbocycles. The lowest BCUT2D eigenvalue weighted by molar-refractivity contribution is 0.271. The fourth-order valence-electron chi connectivity index (χ4n) is 1.81. The number of rotatable bonds is 5. The average Bonchev–Trinajstić information content (AvgIpc) is 2.29. The molecule has 0 saturated heterocycles. The van der Waals surface area contributed by atoms with Crippen LogP contribution in [0.25, 0.3) is 0 Å². The first-order valence-corrected chi connectivity index (χ1v) is 5.83. The molecule has 2 N–H and O–H groups in total. The average molecular weight is 227 g/mol. The molecule has 0 saturated carbocycles. The van der Waals surface area contributed by atoms with Gasteiger partial charge in [0.15, 0.2) is 0 Å². The van der Waals surface area contributed by atoms with Crippen LogP contribution >= 0.6 is 11.6 Å². The van der Waals surface area contributed by atoms with Crippen LogP contribution in [0.4, 0.5) is 0 Å². The van der Waals surface area contributed by atoms with Crippen molar-refractivity contribution in [1.82, 2.24) is 4.98 Å². The number of nitrogens with zero attached hydrogens (tertiary/aromatic N) is 1. The van der Waals surface area contributed by atoms with Gasteiger partial charge in [0, 0.05) is 12.4 Å². The molecule has 0 aliphatic heterocycles. The van der Waals surface area contributed by atoms with E-state index in [1.165, 1.54) is 0 Å². The van der Waals surface area contributed by atoms with Gasteiger partial charge in [-0.1, -0.05) is 25.4 Å². The lowest BCUT2D eigenvalue weighted by Crippen LogP contribution is -2.31. The molecule has 0 aliphatic rings. The van der Waals surface area contributed by atoms with Crippen LogP contribution in [-0.2, 0) is 6.42 Å². The summed E-state index contributed by atoms with van der Waals surface area (Å²) in [6.45, 7) is 5.08. The molecule has 0 unspecified atom stereocenters. The molecule has 15 heavy (non-hydrogen) atoms. The summed E-state index contributed by atoms with van der Waals surface area (Å²) in [6, 6.07) is 1.98. The van der Waals surface area contributed by atoms with Crippen molar-refractivity contribution < 1.29 is 0 Å². The van der Waals surface area contributed by atoms with Crippen molar-refractivity contribution in [3.05, 3.63) is 29.0 Å². The lowest BCUT2D eigenvalue weighted by atomic mass is 9.77. The maximum absolute atomic E-state index is 6.10. The zero-order chi connectivity index (χ0) is 11.3. The molecule has 0 fully saturated rings. The summed E-state index contributed by atoms with van der Waals surface area (Å²) in [5.41, 5.74) is 7.21. The Morgan fingerprint density at radius 2 is 2.07 bits per heavy atom. The van der Waals surface area contributed by atoms with E-state index in [2.05, 4.69) is 18.8 Å². The highest BCUT2D eigenvalue weighted by atomic mass is 35.5. The fraction of sp³-hybridized carbons (Fsp3) is 0.583. The van der Waals surface area contributed by atoms with Gasteiger partial charge in [-0.25, -0.2) is 0 Å². The highest BCUT2D eigenvalue weighted by Crippen LogP contribution is 2.31. The normalized spacial score (nSPS) is 11.7. The number of nitrogens with two attached hydrogens (primary N) is 1. The van der Waals surface area contributed by atoms with E-state index in [4.69, 9.17) is 17.3 Å². The summed E-state index contributed by atoms with van der Waals surface area (Å²) in [7, 11) is 0. The Bertz CT molecular complexity index is 300. The predicted octanol–water partition coefficient (Wildman–Crippen LogP) is 3.04. The Labute approximate surface area is 96.8 Å². The molecule has 2 nitrogen and oxygen atoms in total. The molecule has 1 rings (SSSR count). The molecule has 1 aromatic rings. The van der Waals surface area contributed by atoms with Crippen molar-refractivity contribution in [3.63, 3.8) is 0 Å². The zero-order valence-corrected chi connectivity index (χ0v) is 10.2. The first kappa shape index (κ1) is 12.5. The second kappa shape index (κ2) is 5.47. The molecular formula is C12H19ClN2. The van der Waals surface area contributed by atoms with Crippen LogP contribution in [0, 0.1) is 5.41 Å². The third-order valence-electron chi connectivity index (χ3n) is 3.35. The SMILES string of the molecule is CCC(CC)(CN)Cc1ccncc1Cl.